The summed E-state index contributed by atoms with van der Waals surface area (Å²) in [6.45, 7) is 5.55. The van der Waals surface area contributed by atoms with Crippen molar-refractivity contribution < 1.29 is 18.7 Å². The maximum absolute atomic E-state index is 12.0. The lowest BCUT2D eigenvalue weighted by atomic mass is 10.1. The standard InChI is InChI=1S/C18H22N2O4/c1-12-6-4-8-16(13(12)2)24-14(3)18(22)20-19-17(21)10-9-15-7-5-11-23-15/h4-8,11,14H,9-10H2,1-3H3,(H,19,21)(H,20,22). The van der Waals surface area contributed by atoms with Gasteiger partial charge in [0.05, 0.1) is 6.26 Å². The average Bonchev–Trinajstić information content (AvgIpc) is 3.08. The summed E-state index contributed by atoms with van der Waals surface area (Å²) in [6.07, 6.45) is 1.53. The highest BCUT2D eigenvalue weighted by Crippen LogP contribution is 2.21. The van der Waals surface area contributed by atoms with E-state index in [-0.39, 0.29) is 12.3 Å². The molecule has 2 rings (SSSR count). The molecule has 0 aliphatic heterocycles. The SMILES string of the molecule is Cc1cccc(OC(C)C(=O)NNC(=O)CCc2ccco2)c1C. The molecule has 0 spiro atoms. The van der Waals surface area contributed by atoms with E-state index in [4.69, 9.17) is 9.15 Å². The van der Waals surface area contributed by atoms with Crippen molar-refractivity contribution in [1.29, 1.82) is 0 Å². The van der Waals surface area contributed by atoms with Gasteiger partial charge in [-0.25, -0.2) is 0 Å². The van der Waals surface area contributed by atoms with Gasteiger partial charge in [-0.2, -0.15) is 0 Å². The van der Waals surface area contributed by atoms with Crippen molar-refractivity contribution in [3.63, 3.8) is 0 Å². The van der Waals surface area contributed by atoms with Gasteiger partial charge < -0.3 is 9.15 Å². The molecule has 24 heavy (non-hydrogen) atoms. The first kappa shape index (κ1) is 17.6. The summed E-state index contributed by atoms with van der Waals surface area (Å²) in [5.74, 6) is 0.672. The fourth-order valence-corrected chi connectivity index (χ4v) is 2.08. The number of rotatable bonds is 6. The third-order valence-corrected chi connectivity index (χ3v) is 3.73. The van der Waals surface area contributed by atoms with Crippen LogP contribution in [0.2, 0.25) is 0 Å². The first-order chi connectivity index (χ1) is 11.5. The highest BCUT2D eigenvalue weighted by molar-refractivity contribution is 5.84. The van der Waals surface area contributed by atoms with E-state index in [1.807, 2.05) is 32.0 Å². The molecule has 0 saturated carbocycles. The number of hydrogen-bond acceptors (Lipinski definition) is 4. The maximum atomic E-state index is 12.0. The Balaban J connectivity index is 1.77. The maximum Gasteiger partial charge on any atom is 0.279 e. The molecule has 0 radical (unpaired) electrons. The molecule has 1 atom stereocenters. The first-order valence-electron chi connectivity index (χ1n) is 7.81. The second-order valence-electron chi connectivity index (χ2n) is 5.57. The molecule has 0 bridgehead atoms. The lowest BCUT2D eigenvalue weighted by molar-refractivity contribution is -0.132. The van der Waals surface area contributed by atoms with Gasteiger partial charge in [-0.3, -0.25) is 20.4 Å². The summed E-state index contributed by atoms with van der Waals surface area (Å²) in [4.78, 5) is 23.7. The Morgan fingerprint density at radius 3 is 2.67 bits per heavy atom. The van der Waals surface area contributed by atoms with Crippen LogP contribution in [0.1, 0.15) is 30.2 Å². The molecule has 0 aliphatic carbocycles. The van der Waals surface area contributed by atoms with Crippen LogP contribution >= 0.6 is 0 Å². The largest absolute Gasteiger partial charge is 0.481 e. The number of amides is 2. The summed E-state index contributed by atoms with van der Waals surface area (Å²) < 4.78 is 10.8. The predicted molar refractivity (Wildman–Crippen MR) is 89.3 cm³/mol. The summed E-state index contributed by atoms with van der Waals surface area (Å²) in [5.41, 5.74) is 6.82. The number of furan rings is 1. The zero-order valence-electron chi connectivity index (χ0n) is 14.1. The minimum atomic E-state index is -0.726. The zero-order chi connectivity index (χ0) is 17.5. The van der Waals surface area contributed by atoms with Gasteiger partial charge in [-0.15, -0.1) is 0 Å². The molecule has 6 nitrogen and oxygen atoms in total. The number of hydrogen-bond donors (Lipinski definition) is 2. The quantitative estimate of drug-likeness (QED) is 0.797. The number of nitrogens with one attached hydrogen (secondary N) is 2. The molecule has 6 heteroatoms. The van der Waals surface area contributed by atoms with Crippen LogP contribution in [0.3, 0.4) is 0 Å². The van der Waals surface area contributed by atoms with Crippen LogP contribution in [0, 0.1) is 13.8 Å². The number of carbonyl (C=O) groups is 2. The van der Waals surface area contributed by atoms with Gasteiger partial charge >= 0.3 is 0 Å². The monoisotopic (exact) mass is 330 g/mol. The molecule has 1 unspecified atom stereocenters. The number of carbonyl (C=O) groups excluding carboxylic acids is 2. The summed E-state index contributed by atoms with van der Waals surface area (Å²) in [7, 11) is 0. The fraction of sp³-hybridized carbons (Fsp3) is 0.333. The van der Waals surface area contributed by atoms with E-state index in [9.17, 15) is 9.59 Å². The Morgan fingerprint density at radius 2 is 1.96 bits per heavy atom. The van der Waals surface area contributed by atoms with Crippen molar-refractivity contribution in [3.8, 4) is 5.75 Å². The Morgan fingerprint density at radius 1 is 1.17 bits per heavy atom. The molecule has 0 fully saturated rings. The molecular weight excluding hydrogens is 308 g/mol. The van der Waals surface area contributed by atoms with Gasteiger partial charge in [0.15, 0.2) is 6.10 Å². The molecule has 2 aromatic rings. The summed E-state index contributed by atoms with van der Waals surface area (Å²) >= 11 is 0. The first-order valence-corrected chi connectivity index (χ1v) is 7.81. The molecule has 2 amide bonds. The van der Waals surface area contributed by atoms with Crippen LogP contribution < -0.4 is 15.6 Å². The van der Waals surface area contributed by atoms with E-state index in [0.29, 0.717) is 12.2 Å². The predicted octanol–water partition coefficient (Wildman–Crippen LogP) is 2.44. The van der Waals surface area contributed by atoms with E-state index in [0.717, 1.165) is 16.9 Å². The minimum Gasteiger partial charge on any atom is -0.481 e. The third-order valence-electron chi connectivity index (χ3n) is 3.73. The molecule has 0 saturated heterocycles. The Bertz CT molecular complexity index is 695. The number of hydrazine groups is 1. The van der Waals surface area contributed by atoms with Crippen molar-refractivity contribution >= 4 is 11.8 Å². The van der Waals surface area contributed by atoms with Crippen molar-refractivity contribution in [3.05, 3.63) is 53.5 Å². The second kappa shape index (κ2) is 8.19. The van der Waals surface area contributed by atoms with Crippen molar-refractivity contribution in [2.75, 3.05) is 0 Å². The van der Waals surface area contributed by atoms with Crippen molar-refractivity contribution in [2.24, 2.45) is 0 Å². The lowest BCUT2D eigenvalue weighted by Crippen LogP contribution is -2.47. The van der Waals surface area contributed by atoms with Gasteiger partial charge in [-0.05, 0) is 50.1 Å². The summed E-state index contributed by atoms with van der Waals surface area (Å²) in [6, 6.07) is 9.23. The lowest BCUT2D eigenvalue weighted by Gasteiger charge is -2.17. The molecule has 1 heterocycles. The third kappa shape index (κ3) is 4.87. The molecule has 1 aromatic carbocycles. The van der Waals surface area contributed by atoms with Crippen LogP contribution in [-0.2, 0) is 16.0 Å². The molecular formula is C18H22N2O4. The van der Waals surface area contributed by atoms with Crippen LogP contribution in [0.4, 0.5) is 0 Å². The number of ether oxygens (including phenoxy) is 1. The van der Waals surface area contributed by atoms with Crippen LogP contribution in [0.15, 0.2) is 41.0 Å². The Kier molecular flexibility index (Phi) is 6.01. The van der Waals surface area contributed by atoms with E-state index in [1.165, 1.54) is 0 Å². The average molecular weight is 330 g/mol. The Hall–Kier alpha value is -2.76. The molecule has 128 valence electrons. The normalized spacial score (nSPS) is 11.6. The van der Waals surface area contributed by atoms with E-state index >= 15 is 0 Å². The zero-order valence-corrected chi connectivity index (χ0v) is 14.1. The van der Waals surface area contributed by atoms with Crippen LogP contribution in [-0.4, -0.2) is 17.9 Å². The highest BCUT2D eigenvalue weighted by Gasteiger charge is 2.16. The van der Waals surface area contributed by atoms with E-state index < -0.39 is 12.0 Å². The van der Waals surface area contributed by atoms with E-state index in [2.05, 4.69) is 10.9 Å². The van der Waals surface area contributed by atoms with Gasteiger partial charge in [0.1, 0.15) is 11.5 Å². The van der Waals surface area contributed by atoms with Crippen molar-refractivity contribution in [2.45, 2.75) is 39.7 Å². The van der Waals surface area contributed by atoms with Gasteiger partial charge in [0.25, 0.3) is 5.91 Å². The smallest absolute Gasteiger partial charge is 0.279 e. The molecule has 2 N–H and O–H groups in total. The van der Waals surface area contributed by atoms with Gasteiger partial charge in [0, 0.05) is 12.8 Å². The summed E-state index contributed by atoms with van der Waals surface area (Å²) in [5, 5.41) is 0. The van der Waals surface area contributed by atoms with Gasteiger partial charge in [0.2, 0.25) is 5.91 Å². The Labute approximate surface area is 141 Å². The number of benzene rings is 1. The van der Waals surface area contributed by atoms with E-state index in [1.54, 1.807) is 25.3 Å². The molecule has 1 aromatic heterocycles. The fourth-order valence-electron chi connectivity index (χ4n) is 2.08. The number of aryl methyl sites for hydroxylation is 2. The van der Waals surface area contributed by atoms with Crippen molar-refractivity contribution in [1.82, 2.24) is 10.9 Å². The van der Waals surface area contributed by atoms with Crippen LogP contribution in [0.25, 0.3) is 0 Å². The minimum absolute atomic E-state index is 0.222. The second-order valence-corrected chi connectivity index (χ2v) is 5.57. The highest BCUT2D eigenvalue weighted by atomic mass is 16.5. The van der Waals surface area contributed by atoms with Crippen LogP contribution in [0.5, 0.6) is 5.75 Å². The van der Waals surface area contributed by atoms with Gasteiger partial charge in [-0.1, -0.05) is 12.1 Å². The molecule has 0 aliphatic rings. The topological polar surface area (TPSA) is 80.6 Å².